The highest BCUT2D eigenvalue weighted by Crippen LogP contribution is 2.25. The minimum Gasteiger partial charge on any atom is -0.311 e. The van der Waals surface area contributed by atoms with Gasteiger partial charge in [-0.3, -0.25) is 9.78 Å². The molecule has 1 aromatic heterocycles. The van der Waals surface area contributed by atoms with Crippen LogP contribution in [0.1, 0.15) is 12.0 Å². The van der Waals surface area contributed by atoms with Crippen molar-refractivity contribution in [3.8, 4) is 0 Å². The number of carbonyl (C=O) groups excluding carboxylic acids is 1. The molecule has 1 amide bonds. The number of amides is 1. The highest BCUT2D eigenvalue weighted by Gasteiger charge is 2.29. The lowest BCUT2D eigenvalue weighted by atomic mass is 10.2. The van der Waals surface area contributed by atoms with Crippen molar-refractivity contribution in [1.29, 1.82) is 0 Å². The van der Waals surface area contributed by atoms with Crippen LogP contribution in [0.5, 0.6) is 0 Å². The van der Waals surface area contributed by atoms with Crippen molar-refractivity contribution in [2.45, 2.75) is 13.3 Å². The molecule has 1 saturated heterocycles. The quantitative estimate of drug-likeness (QED) is 0.771. The van der Waals surface area contributed by atoms with E-state index in [1.165, 1.54) is 0 Å². The molecule has 2 heterocycles. The first-order valence-corrected chi connectivity index (χ1v) is 6.11. The highest BCUT2D eigenvalue weighted by atomic mass is 79.9. The van der Waals surface area contributed by atoms with Gasteiger partial charge in [0.05, 0.1) is 11.9 Å². The largest absolute Gasteiger partial charge is 0.311 e. The maximum absolute atomic E-state index is 11.7. The first kappa shape index (κ1) is 10.6. The molecule has 1 aromatic rings. The molecule has 0 spiro atoms. The summed E-state index contributed by atoms with van der Waals surface area (Å²) in [7, 11) is 0. The number of anilines is 1. The second-order valence-electron chi connectivity index (χ2n) is 3.95. The van der Waals surface area contributed by atoms with E-state index in [-0.39, 0.29) is 5.91 Å². The molecule has 1 aliphatic rings. The van der Waals surface area contributed by atoms with Crippen LogP contribution in [0.2, 0.25) is 0 Å². The zero-order valence-corrected chi connectivity index (χ0v) is 10.2. The number of rotatable bonds is 2. The molecule has 4 heteroatoms. The topological polar surface area (TPSA) is 33.2 Å². The molecular formula is C11H13BrN2O. The summed E-state index contributed by atoms with van der Waals surface area (Å²) in [6, 6.07) is 2.00. The summed E-state index contributed by atoms with van der Waals surface area (Å²) in [5, 5.41) is 0.883. The van der Waals surface area contributed by atoms with E-state index in [9.17, 15) is 4.79 Å². The fourth-order valence-corrected chi connectivity index (χ4v) is 2.25. The van der Waals surface area contributed by atoms with Crippen LogP contribution in [-0.2, 0) is 4.79 Å². The number of aromatic nitrogens is 1. The minimum absolute atomic E-state index is 0.201. The van der Waals surface area contributed by atoms with Gasteiger partial charge in [-0.25, -0.2) is 0 Å². The average Bonchev–Trinajstić information content (AvgIpc) is 2.60. The van der Waals surface area contributed by atoms with Crippen LogP contribution in [0.25, 0.3) is 0 Å². The van der Waals surface area contributed by atoms with Crippen LogP contribution in [0.15, 0.2) is 18.5 Å². The predicted molar refractivity (Wildman–Crippen MR) is 63.2 cm³/mol. The van der Waals surface area contributed by atoms with E-state index in [1.54, 1.807) is 12.4 Å². The lowest BCUT2D eigenvalue weighted by molar-refractivity contribution is -0.117. The molecule has 1 unspecified atom stereocenters. The number of pyridine rings is 1. The van der Waals surface area contributed by atoms with Gasteiger partial charge in [-0.05, 0) is 24.5 Å². The Labute approximate surface area is 97.6 Å². The van der Waals surface area contributed by atoms with E-state index in [0.717, 1.165) is 23.1 Å². The van der Waals surface area contributed by atoms with Crippen LogP contribution in [0, 0.1) is 12.8 Å². The van der Waals surface area contributed by atoms with Gasteiger partial charge in [-0.2, -0.15) is 0 Å². The number of hydrogen-bond acceptors (Lipinski definition) is 2. The average molecular weight is 269 g/mol. The van der Waals surface area contributed by atoms with E-state index < -0.39 is 0 Å². The summed E-state index contributed by atoms with van der Waals surface area (Å²) < 4.78 is 0. The van der Waals surface area contributed by atoms with Gasteiger partial charge in [-0.1, -0.05) is 15.9 Å². The van der Waals surface area contributed by atoms with E-state index in [4.69, 9.17) is 0 Å². The first-order valence-electron chi connectivity index (χ1n) is 4.98. The lowest BCUT2D eigenvalue weighted by Crippen LogP contribution is -2.24. The molecule has 0 saturated carbocycles. The Kier molecular flexibility index (Phi) is 3.05. The van der Waals surface area contributed by atoms with E-state index in [1.807, 2.05) is 17.9 Å². The SMILES string of the molecule is Cc1cncc(N2CC(CBr)CC2=O)c1. The normalized spacial score (nSPS) is 21.1. The maximum Gasteiger partial charge on any atom is 0.227 e. The Bertz CT molecular complexity index is 381. The zero-order chi connectivity index (χ0) is 10.8. The van der Waals surface area contributed by atoms with Crippen molar-refractivity contribution in [2.75, 3.05) is 16.8 Å². The lowest BCUT2D eigenvalue weighted by Gasteiger charge is -2.16. The maximum atomic E-state index is 11.7. The summed E-state index contributed by atoms with van der Waals surface area (Å²) >= 11 is 3.42. The summed E-state index contributed by atoms with van der Waals surface area (Å²) in [5.41, 5.74) is 2.01. The molecule has 2 rings (SSSR count). The minimum atomic E-state index is 0.201. The third-order valence-electron chi connectivity index (χ3n) is 2.60. The molecule has 80 valence electrons. The molecule has 3 nitrogen and oxygen atoms in total. The van der Waals surface area contributed by atoms with Crippen molar-refractivity contribution in [1.82, 2.24) is 4.98 Å². The van der Waals surface area contributed by atoms with Gasteiger partial charge >= 0.3 is 0 Å². The standard InChI is InChI=1S/C11H13BrN2O/c1-8-2-10(6-13-5-8)14-7-9(4-12)3-11(14)15/h2,5-6,9H,3-4,7H2,1H3. The van der Waals surface area contributed by atoms with Gasteiger partial charge in [-0.15, -0.1) is 0 Å². The second-order valence-corrected chi connectivity index (χ2v) is 4.60. The Morgan fingerprint density at radius 1 is 1.60 bits per heavy atom. The molecule has 0 aliphatic carbocycles. The fraction of sp³-hybridized carbons (Fsp3) is 0.455. The highest BCUT2D eigenvalue weighted by molar-refractivity contribution is 9.09. The number of halogens is 1. The van der Waals surface area contributed by atoms with Crippen LogP contribution in [0.4, 0.5) is 5.69 Å². The third-order valence-corrected chi connectivity index (χ3v) is 3.51. The van der Waals surface area contributed by atoms with Gasteiger partial charge in [0.1, 0.15) is 0 Å². The van der Waals surface area contributed by atoms with Crippen LogP contribution >= 0.6 is 15.9 Å². The number of alkyl halides is 1. The zero-order valence-electron chi connectivity index (χ0n) is 8.61. The van der Waals surface area contributed by atoms with Gasteiger partial charge in [0.25, 0.3) is 0 Å². The van der Waals surface area contributed by atoms with Gasteiger partial charge < -0.3 is 4.90 Å². The fourth-order valence-electron chi connectivity index (χ4n) is 1.82. The third kappa shape index (κ3) is 2.20. The molecule has 0 radical (unpaired) electrons. The summed E-state index contributed by atoms with van der Waals surface area (Å²) in [6.07, 6.45) is 4.19. The number of nitrogens with zero attached hydrogens (tertiary/aromatic N) is 2. The van der Waals surface area contributed by atoms with E-state index in [0.29, 0.717) is 12.3 Å². The van der Waals surface area contributed by atoms with E-state index >= 15 is 0 Å². The molecule has 15 heavy (non-hydrogen) atoms. The molecular weight excluding hydrogens is 256 g/mol. The molecule has 1 atom stereocenters. The summed E-state index contributed by atoms with van der Waals surface area (Å²) in [5.74, 6) is 0.630. The van der Waals surface area contributed by atoms with Gasteiger partial charge in [0, 0.05) is 24.5 Å². The van der Waals surface area contributed by atoms with Crippen LogP contribution < -0.4 is 4.90 Å². The smallest absolute Gasteiger partial charge is 0.227 e. The number of carbonyl (C=O) groups is 1. The Morgan fingerprint density at radius 3 is 3.00 bits per heavy atom. The molecule has 0 N–H and O–H groups in total. The van der Waals surface area contributed by atoms with Crippen molar-refractivity contribution in [3.63, 3.8) is 0 Å². The Morgan fingerprint density at radius 2 is 2.40 bits per heavy atom. The molecule has 0 bridgehead atoms. The van der Waals surface area contributed by atoms with Crippen LogP contribution in [-0.4, -0.2) is 22.8 Å². The number of hydrogen-bond donors (Lipinski definition) is 0. The number of aryl methyl sites for hydroxylation is 1. The molecule has 1 aliphatic heterocycles. The second kappa shape index (κ2) is 4.31. The molecule has 0 aromatic carbocycles. The molecule has 1 fully saturated rings. The monoisotopic (exact) mass is 268 g/mol. The first-order chi connectivity index (χ1) is 7.20. The Balaban J connectivity index is 2.21. The van der Waals surface area contributed by atoms with Crippen molar-refractivity contribution in [3.05, 3.63) is 24.0 Å². The van der Waals surface area contributed by atoms with Crippen LogP contribution in [0.3, 0.4) is 0 Å². The van der Waals surface area contributed by atoms with Gasteiger partial charge in [0.15, 0.2) is 0 Å². The van der Waals surface area contributed by atoms with Crippen molar-refractivity contribution < 1.29 is 4.79 Å². The summed E-state index contributed by atoms with van der Waals surface area (Å²) in [6.45, 7) is 2.79. The van der Waals surface area contributed by atoms with Crippen molar-refractivity contribution in [2.24, 2.45) is 5.92 Å². The Hall–Kier alpha value is -0.900. The van der Waals surface area contributed by atoms with E-state index in [2.05, 4.69) is 20.9 Å². The van der Waals surface area contributed by atoms with Gasteiger partial charge in [0.2, 0.25) is 5.91 Å². The summed E-state index contributed by atoms with van der Waals surface area (Å²) in [4.78, 5) is 17.7. The van der Waals surface area contributed by atoms with Crippen molar-refractivity contribution >= 4 is 27.5 Å². The predicted octanol–water partition coefficient (Wildman–Crippen LogP) is 2.14.